The average Bonchev–Trinajstić information content (AvgIpc) is 3.16. The minimum absolute atomic E-state index is 0.111. The van der Waals surface area contributed by atoms with E-state index in [1.54, 1.807) is 19.9 Å². The van der Waals surface area contributed by atoms with E-state index in [0.717, 1.165) is 12.8 Å². The van der Waals surface area contributed by atoms with Crippen molar-refractivity contribution in [1.29, 1.82) is 0 Å². The number of hydrogen-bond acceptors (Lipinski definition) is 5. The number of rotatable bonds is 7. The van der Waals surface area contributed by atoms with Crippen molar-refractivity contribution in [2.75, 3.05) is 6.61 Å². The Kier molecular flexibility index (Phi) is 7.45. The van der Waals surface area contributed by atoms with E-state index in [4.69, 9.17) is 9.15 Å². The van der Waals surface area contributed by atoms with E-state index in [1.165, 1.54) is 18.8 Å². The molecular formula is C20H30N2O5. The summed E-state index contributed by atoms with van der Waals surface area (Å²) in [6.07, 6.45) is 4.59. The maximum atomic E-state index is 12.4. The number of hydrogen-bond donors (Lipinski definition) is 2. The molecule has 7 heteroatoms. The van der Waals surface area contributed by atoms with Gasteiger partial charge in [0.2, 0.25) is 0 Å². The van der Waals surface area contributed by atoms with Gasteiger partial charge in [0.15, 0.2) is 12.4 Å². The third-order valence-corrected chi connectivity index (χ3v) is 5.35. The lowest BCUT2D eigenvalue weighted by atomic mass is 9.78. The summed E-state index contributed by atoms with van der Waals surface area (Å²) >= 11 is 0. The highest BCUT2D eigenvalue weighted by Gasteiger charge is 2.30. The van der Waals surface area contributed by atoms with Crippen molar-refractivity contribution < 1.29 is 23.5 Å². The Bertz CT molecular complexity index is 641. The molecule has 0 spiro atoms. The summed E-state index contributed by atoms with van der Waals surface area (Å²) in [5.74, 6) is -0.558. The summed E-state index contributed by atoms with van der Waals surface area (Å²) in [5.41, 5.74) is 0. The molecule has 3 unspecified atom stereocenters. The fourth-order valence-electron chi connectivity index (χ4n) is 3.38. The Labute approximate surface area is 160 Å². The van der Waals surface area contributed by atoms with Gasteiger partial charge >= 0.3 is 5.97 Å². The van der Waals surface area contributed by atoms with Crippen LogP contribution in [-0.2, 0) is 14.3 Å². The van der Waals surface area contributed by atoms with Crippen molar-refractivity contribution in [3.05, 3.63) is 24.2 Å². The number of esters is 1. The quantitative estimate of drug-likeness (QED) is 0.711. The van der Waals surface area contributed by atoms with Crippen molar-refractivity contribution in [2.45, 2.75) is 59.0 Å². The molecule has 150 valence electrons. The Morgan fingerprint density at radius 2 is 2.00 bits per heavy atom. The Morgan fingerprint density at radius 1 is 1.26 bits per heavy atom. The Balaban J connectivity index is 1.84. The van der Waals surface area contributed by atoms with Crippen molar-refractivity contribution >= 4 is 17.8 Å². The van der Waals surface area contributed by atoms with Crippen LogP contribution in [0.2, 0.25) is 0 Å². The first kappa shape index (κ1) is 21.0. The molecule has 27 heavy (non-hydrogen) atoms. The molecule has 0 aromatic carbocycles. The zero-order valence-electron chi connectivity index (χ0n) is 16.5. The third-order valence-electron chi connectivity index (χ3n) is 5.35. The van der Waals surface area contributed by atoms with Crippen LogP contribution in [0.25, 0.3) is 0 Å². The molecule has 0 saturated heterocycles. The molecule has 7 nitrogen and oxygen atoms in total. The standard InChI is InChI=1S/C20H30N2O5/c1-12(2)18(22-19(24)16-9-6-10-26-16)20(25)27-11-17(23)21-15-8-5-7-13(3)14(15)4/h6,9-10,12-15,18H,5,7-8,11H2,1-4H3,(H,21,23)(H,22,24)/t13?,14?,15?,18-/m0/s1. The minimum atomic E-state index is -0.857. The average molecular weight is 378 g/mol. The molecule has 1 aliphatic carbocycles. The maximum Gasteiger partial charge on any atom is 0.329 e. The van der Waals surface area contributed by atoms with E-state index in [-0.39, 0.29) is 30.2 Å². The lowest BCUT2D eigenvalue weighted by Gasteiger charge is -2.34. The summed E-state index contributed by atoms with van der Waals surface area (Å²) in [6.45, 7) is 7.56. The third kappa shape index (κ3) is 5.84. The van der Waals surface area contributed by atoms with Gasteiger partial charge in [0.05, 0.1) is 6.26 Å². The van der Waals surface area contributed by atoms with Crippen LogP contribution in [0, 0.1) is 17.8 Å². The summed E-state index contributed by atoms with van der Waals surface area (Å²) in [4.78, 5) is 36.6. The van der Waals surface area contributed by atoms with Crippen molar-refractivity contribution in [1.82, 2.24) is 10.6 Å². The molecule has 1 saturated carbocycles. The van der Waals surface area contributed by atoms with E-state index >= 15 is 0 Å². The number of furan rings is 1. The molecule has 1 heterocycles. The summed E-state index contributed by atoms with van der Waals surface area (Å²) < 4.78 is 10.2. The zero-order valence-corrected chi connectivity index (χ0v) is 16.5. The predicted molar refractivity (Wildman–Crippen MR) is 99.9 cm³/mol. The van der Waals surface area contributed by atoms with Gasteiger partial charge in [0.25, 0.3) is 11.8 Å². The summed E-state index contributed by atoms with van der Waals surface area (Å²) in [5, 5.41) is 5.56. The molecule has 1 aliphatic rings. The summed E-state index contributed by atoms with van der Waals surface area (Å²) in [6, 6.07) is 2.36. The van der Waals surface area contributed by atoms with Crippen LogP contribution in [0.5, 0.6) is 0 Å². The molecule has 0 bridgehead atoms. The second kappa shape index (κ2) is 9.58. The van der Waals surface area contributed by atoms with E-state index in [0.29, 0.717) is 11.8 Å². The highest BCUT2D eigenvalue weighted by Crippen LogP contribution is 2.29. The lowest BCUT2D eigenvalue weighted by Crippen LogP contribution is -2.48. The highest BCUT2D eigenvalue weighted by atomic mass is 16.5. The van der Waals surface area contributed by atoms with E-state index in [1.807, 2.05) is 0 Å². The SMILES string of the molecule is CC1CCCC(NC(=O)COC(=O)[C@@H](NC(=O)c2ccco2)C(C)C)C1C. The van der Waals surface area contributed by atoms with Gasteiger partial charge in [-0.3, -0.25) is 9.59 Å². The van der Waals surface area contributed by atoms with Gasteiger partial charge in [-0.25, -0.2) is 4.79 Å². The van der Waals surface area contributed by atoms with Gasteiger partial charge in [-0.1, -0.05) is 40.5 Å². The Morgan fingerprint density at radius 3 is 2.63 bits per heavy atom. The lowest BCUT2D eigenvalue weighted by molar-refractivity contribution is -0.151. The Hall–Kier alpha value is -2.31. The molecular weight excluding hydrogens is 348 g/mol. The molecule has 0 radical (unpaired) electrons. The molecule has 2 rings (SSSR count). The smallest absolute Gasteiger partial charge is 0.329 e. The monoisotopic (exact) mass is 378 g/mol. The maximum absolute atomic E-state index is 12.4. The molecule has 0 aliphatic heterocycles. The van der Waals surface area contributed by atoms with Crippen LogP contribution in [0.3, 0.4) is 0 Å². The number of carbonyl (C=O) groups is 3. The molecule has 1 aromatic heterocycles. The number of ether oxygens (including phenoxy) is 1. The van der Waals surface area contributed by atoms with Crippen molar-refractivity contribution in [3.63, 3.8) is 0 Å². The summed E-state index contributed by atoms with van der Waals surface area (Å²) in [7, 11) is 0. The van der Waals surface area contributed by atoms with Gasteiger partial charge in [0.1, 0.15) is 6.04 Å². The normalized spacial score (nSPS) is 23.5. The first-order chi connectivity index (χ1) is 12.8. The number of amides is 2. The van der Waals surface area contributed by atoms with Gasteiger partial charge in [-0.2, -0.15) is 0 Å². The van der Waals surface area contributed by atoms with Crippen LogP contribution in [-0.4, -0.2) is 36.5 Å². The minimum Gasteiger partial charge on any atom is -0.459 e. The van der Waals surface area contributed by atoms with E-state index in [9.17, 15) is 14.4 Å². The van der Waals surface area contributed by atoms with E-state index in [2.05, 4.69) is 24.5 Å². The van der Waals surface area contributed by atoms with E-state index < -0.39 is 17.9 Å². The van der Waals surface area contributed by atoms with Crippen molar-refractivity contribution in [3.8, 4) is 0 Å². The van der Waals surface area contributed by atoms with Gasteiger partial charge < -0.3 is 19.8 Å². The topological polar surface area (TPSA) is 97.6 Å². The molecule has 2 N–H and O–H groups in total. The van der Waals surface area contributed by atoms with Gasteiger partial charge in [-0.15, -0.1) is 0 Å². The van der Waals surface area contributed by atoms with Crippen LogP contribution >= 0.6 is 0 Å². The molecule has 4 atom stereocenters. The second-order valence-corrected chi connectivity index (χ2v) is 7.72. The van der Waals surface area contributed by atoms with Crippen LogP contribution in [0.1, 0.15) is 57.5 Å². The first-order valence-electron chi connectivity index (χ1n) is 9.60. The van der Waals surface area contributed by atoms with Crippen LogP contribution < -0.4 is 10.6 Å². The second-order valence-electron chi connectivity index (χ2n) is 7.72. The fraction of sp³-hybridized carbons (Fsp3) is 0.650. The largest absolute Gasteiger partial charge is 0.459 e. The zero-order chi connectivity index (χ0) is 20.0. The molecule has 1 aromatic rings. The van der Waals surface area contributed by atoms with Crippen LogP contribution in [0.15, 0.2) is 22.8 Å². The molecule has 2 amide bonds. The highest BCUT2D eigenvalue weighted by molar-refractivity contribution is 5.94. The van der Waals surface area contributed by atoms with Gasteiger partial charge in [-0.05, 0) is 36.3 Å². The fourth-order valence-corrected chi connectivity index (χ4v) is 3.38. The van der Waals surface area contributed by atoms with Gasteiger partial charge in [0, 0.05) is 6.04 Å². The molecule has 1 fully saturated rings. The van der Waals surface area contributed by atoms with Crippen molar-refractivity contribution in [2.24, 2.45) is 17.8 Å². The predicted octanol–water partition coefficient (Wildman–Crippen LogP) is 2.52. The number of nitrogens with one attached hydrogen (secondary N) is 2. The first-order valence-corrected chi connectivity index (χ1v) is 9.60. The number of carbonyl (C=O) groups excluding carboxylic acids is 3. The van der Waals surface area contributed by atoms with Crippen LogP contribution in [0.4, 0.5) is 0 Å².